The Hall–Kier alpha value is -2.64. The lowest BCUT2D eigenvalue weighted by Gasteiger charge is -2.28. The molecule has 2 aromatic heterocycles. The van der Waals surface area contributed by atoms with Crippen LogP contribution in [0.4, 0.5) is 5.69 Å². The minimum atomic E-state index is -0.204. The molecular formula is C21H23N3O3S. The van der Waals surface area contributed by atoms with Gasteiger partial charge in [0.05, 0.1) is 24.2 Å². The quantitative estimate of drug-likeness (QED) is 0.735. The highest BCUT2D eigenvalue weighted by Crippen LogP contribution is 2.28. The van der Waals surface area contributed by atoms with Crippen LogP contribution in [0.25, 0.3) is 10.1 Å². The van der Waals surface area contributed by atoms with Gasteiger partial charge in [-0.1, -0.05) is 12.1 Å². The number of carbonyl (C=O) groups excluding carboxylic acids is 1. The number of fused-ring (bicyclic) bond motifs is 1. The number of thiophene rings is 1. The molecule has 3 aromatic rings. The fourth-order valence-electron chi connectivity index (χ4n) is 3.51. The highest BCUT2D eigenvalue weighted by Gasteiger charge is 2.19. The summed E-state index contributed by atoms with van der Waals surface area (Å²) in [5.74, 6) is -0.204. The van der Waals surface area contributed by atoms with Crippen LogP contribution in [0.3, 0.4) is 0 Å². The minimum absolute atomic E-state index is 0.137. The van der Waals surface area contributed by atoms with Gasteiger partial charge >= 0.3 is 0 Å². The van der Waals surface area contributed by atoms with Gasteiger partial charge in [0.1, 0.15) is 0 Å². The van der Waals surface area contributed by atoms with E-state index in [4.69, 9.17) is 4.74 Å². The smallest absolute Gasteiger partial charge is 0.259 e. The maximum Gasteiger partial charge on any atom is 0.259 e. The highest BCUT2D eigenvalue weighted by molar-refractivity contribution is 7.19. The molecule has 0 aliphatic carbocycles. The van der Waals surface area contributed by atoms with E-state index >= 15 is 0 Å². The molecule has 0 radical (unpaired) electrons. The molecule has 28 heavy (non-hydrogen) atoms. The molecule has 1 fully saturated rings. The van der Waals surface area contributed by atoms with Crippen LogP contribution in [0.15, 0.2) is 41.3 Å². The average Bonchev–Trinajstić information content (AvgIpc) is 3.07. The number of amides is 1. The number of aryl methyl sites for hydroxylation is 2. The molecule has 4 rings (SSSR count). The molecule has 1 aliphatic heterocycles. The van der Waals surface area contributed by atoms with Crippen LogP contribution in [-0.2, 0) is 18.3 Å². The summed E-state index contributed by atoms with van der Waals surface area (Å²) < 4.78 is 7.75. The normalized spacial score (nSPS) is 14.4. The number of ether oxygens (including phenoxy) is 1. The molecule has 3 heterocycles. The van der Waals surface area contributed by atoms with Crippen molar-refractivity contribution in [1.29, 1.82) is 0 Å². The summed E-state index contributed by atoms with van der Waals surface area (Å²) in [7, 11) is 1.70. The van der Waals surface area contributed by atoms with Gasteiger partial charge in [-0.25, -0.2) is 0 Å². The molecule has 7 heteroatoms. The SMILES string of the molecule is Cc1sc2ccn(C)c(=O)c2c1C(=O)NCc1ccc(N2CCOCC2)cc1. The molecule has 146 valence electrons. The van der Waals surface area contributed by atoms with Gasteiger partial charge in [0, 0.05) is 48.1 Å². The predicted molar refractivity (Wildman–Crippen MR) is 112 cm³/mol. The molecule has 1 saturated heterocycles. The number of hydrogen-bond donors (Lipinski definition) is 1. The van der Waals surface area contributed by atoms with Crippen LogP contribution < -0.4 is 15.8 Å². The summed E-state index contributed by atoms with van der Waals surface area (Å²) in [6.07, 6.45) is 1.73. The van der Waals surface area contributed by atoms with Gasteiger partial charge in [-0.05, 0) is 30.7 Å². The maximum absolute atomic E-state index is 12.8. The third-order valence-corrected chi connectivity index (χ3v) is 6.16. The van der Waals surface area contributed by atoms with Crippen molar-refractivity contribution in [2.45, 2.75) is 13.5 Å². The first-order chi connectivity index (χ1) is 13.5. The number of benzene rings is 1. The summed E-state index contributed by atoms with van der Waals surface area (Å²) in [4.78, 5) is 28.5. The number of rotatable bonds is 4. The van der Waals surface area contributed by atoms with E-state index in [0.29, 0.717) is 17.5 Å². The fraction of sp³-hybridized carbons (Fsp3) is 0.333. The standard InChI is InChI=1S/C21H23N3O3S/c1-14-18(19-17(28-14)7-8-23(2)21(19)26)20(25)22-13-15-3-5-16(6-4-15)24-9-11-27-12-10-24/h3-8H,9-13H2,1-2H3,(H,22,25). The van der Waals surface area contributed by atoms with Crippen LogP contribution in [0, 0.1) is 6.92 Å². The molecule has 6 nitrogen and oxygen atoms in total. The van der Waals surface area contributed by atoms with Crippen molar-refractivity contribution in [3.05, 3.63) is 62.9 Å². The third-order valence-electron chi connectivity index (χ3n) is 5.09. The van der Waals surface area contributed by atoms with E-state index in [1.54, 1.807) is 13.2 Å². The van der Waals surface area contributed by atoms with Crippen molar-refractivity contribution in [3.63, 3.8) is 0 Å². The average molecular weight is 398 g/mol. The Kier molecular flexibility index (Phi) is 5.19. The van der Waals surface area contributed by atoms with E-state index in [9.17, 15) is 9.59 Å². The Morgan fingerprint density at radius 1 is 1.18 bits per heavy atom. The van der Waals surface area contributed by atoms with Crippen LogP contribution in [-0.4, -0.2) is 36.8 Å². The largest absolute Gasteiger partial charge is 0.378 e. The number of carbonyl (C=O) groups is 1. The van der Waals surface area contributed by atoms with E-state index in [1.807, 2.05) is 25.1 Å². The molecule has 0 unspecified atom stereocenters. The summed E-state index contributed by atoms with van der Waals surface area (Å²) in [5.41, 5.74) is 2.55. The fourth-order valence-corrected chi connectivity index (χ4v) is 4.56. The van der Waals surface area contributed by atoms with Gasteiger partial charge in [-0.2, -0.15) is 0 Å². The Morgan fingerprint density at radius 3 is 2.61 bits per heavy atom. The lowest BCUT2D eigenvalue weighted by molar-refractivity contribution is 0.0952. The predicted octanol–water partition coefficient (Wildman–Crippen LogP) is 2.68. The van der Waals surface area contributed by atoms with Gasteiger partial charge < -0.3 is 19.5 Å². The number of pyridine rings is 1. The summed E-state index contributed by atoms with van der Waals surface area (Å²) in [5, 5.41) is 3.47. The molecule has 1 amide bonds. The van der Waals surface area contributed by atoms with E-state index in [2.05, 4.69) is 22.3 Å². The zero-order valence-electron chi connectivity index (χ0n) is 16.0. The zero-order chi connectivity index (χ0) is 19.7. The Labute approximate surface area is 167 Å². The van der Waals surface area contributed by atoms with Crippen LogP contribution in [0.1, 0.15) is 20.8 Å². The van der Waals surface area contributed by atoms with Crippen LogP contribution >= 0.6 is 11.3 Å². The number of morpholine rings is 1. The van der Waals surface area contributed by atoms with Crippen molar-refractivity contribution in [2.75, 3.05) is 31.2 Å². The molecule has 0 bridgehead atoms. The first-order valence-electron chi connectivity index (χ1n) is 9.33. The van der Waals surface area contributed by atoms with Crippen molar-refractivity contribution >= 4 is 33.0 Å². The molecular weight excluding hydrogens is 374 g/mol. The zero-order valence-corrected chi connectivity index (χ0v) is 16.8. The van der Waals surface area contributed by atoms with Gasteiger partial charge in [-0.15, -0.1) is 11.3 Å². The highest BCUT2D eigenvalue weighted by atomic mass is 32.1. The molecule has 1 N–H and O–H groups in total. The first-order valence-corrected chi connectivity index (χ1v) is 10.1. The maximum atomic E-state index is 12.8. The second kappa shape index (κ2) is 7.77. The van der Waals surface area contributed by atoms with Crippen molar-refractivity contribution in [1.82, 2.24) is 9.88 Å². The first kappa shape index (κ1) is 18.7. The number of anilines is 1. The second-order valence-corrected chi connectivity index (χ2v) is 8.21. The van der Waals surface area contributed by atoms with Crippen molar-refractivity contribution in [3.8, 4) is 0 Å². The lowest BCUT2D eigenvalue weighted by atomic mass is 10.1. The number of hydrogen-bond acceptors (Lipinski definition) is 5. The number of aromatic nitrogens is 1. The van der Waals surface area contributed by atoms with Gasteiger partial charge in [-0.3, -0.25) is 9.59 Å². The third kappa shape index (κ3) is 3.55. The molecule has 0 spiro atoms. The summed E-state index contributed by atoms with van der Waals surface area (Å²) in [6, 6.07) is 10.1. The summed E-state index contributed by atoms with van der Waals surface area (Å²) in [6.45, 7) is 5.61. The number of nitrogens with one attached hydrogen (secondary N) is 1. The number of nitrogens with zero attached hydrogens (tertiary/aromatic N) is 2. The minimum Gasteiger partial charge on any atom is -0.378 e. The van der Waals surface area contributed by atoms with Crippen LogP contribution in [0.5, 0.6) is 0 Å². The monoisotopic (exact) mass is 397 g/mol. The van der Waals surface area contributed by atoms with Crippen LogP contribution in [0.2, 0.25) is 0 Å². The van der Waals surface area contributed by atoms with Gasteiger partial charge in [0.25, 0.3) is 11.5 Å². The van der Waals surface area contributed by atoms with E-state index in [-0.39, 0.29) is 11.5 Å². The topological polar surface area (TPSA) is 63.6 Å². The van der Waals surface area contributed by atoms with Gasteiger partial charge in [0.15, 0.2) is 0 Å². The van der Waals surface area contributed by atoms with E-state index < -0.39 is 0 Å². The molecule has 0 atom stereocenters. The molecule has 1 aliphatic rings. The molecule has 0 saturated carbocycles. The Bertz CT molecular complexity index is 1060. The molecule has 1 aromatic carbocycles. The van der Waals surface area contributed by atoms with E-state index in [1.165, 1.54) is 21.6 Å². The van der Waals surface area contributed by atoms with Crippen molar-refractivity contribution in [2.24, 2.45) is 7.05 Å². The van der Waals surface area contributed by atoms with E-state index in [0.717, 1.165) is 41.4 Å². The second-order valence-electron chi connectivity index (χ2n) is 6.95. The summed E-state index contributed by atoms with van der Waals surface area (Å²) >= 11 is 1.48. The Balaban J connectivity index is 1.49. The Morgan fingerprint density at radius 2 is 1.89 bits per heavy atom. The lowest BCUT2D eigenvalue weighted by Crippen LogP contribution is -2.36. The van der Waals surface area contributed by atoms with Crippen molar-refractivity contribution < 1.29 is 9.53 Å². The van der Waals surface area contributed by atoms with Gasteiger partial charge in [0.2, 0.25) is 0 Å².